The maximum Gasteiger partial charge on any atom is 0.226 e. The molecule has 0 aliphatic carbocycles. The largest absolute Gasteiger partial charge is 0.341 e. The molecule has 0 bridgehead atoms. The molecule has 2 nitrogen and oxygen atoms in total. The zero-order chi connectivity index (χ0) is 6.85. The van der Waals surface area contributed by atoms with Crippen molar-refractivity contribution in [1.82, 2.24) is 4.90 Å². The van der Waals surface area contributed by atoms with E-state index in [0.29, 0.717) is 6.42 Å². The van der Waals surface area contributed by atoms with Gasteiger partial charge in [0, 0.05) is 20.0 Å². The molecule has 1 aliphatic rings. The van der Waals surface area contributed by atoms with E-state index in [1.165, 1.54) is 5.57 Å². The van der Waals surface area contributed by atoms with Crippen LogP contribution in [-0.2, 0) is 4.79 Å². The van der Waals surface area contributed by atoms with Crippen molar-refractivity contribution in [2.75, 3.05) is 13.6 Å². The van der Waals surface area contributed by atoms with Gasteiger partial charge in [0.2, 0.25) is 5.91 Å². The molecule has 1 amide bonds. The highest BCUT2D eigenvalue weighted by Gasteiger charge is 2.19. The SMILES string of the molecule is C/C=C1\CC(=O)N(C)C1. The second-order valence-corrected chi connectivity index (χ2v) is 2.37. The van der Waals surface area contributed by atoms with Gasteiger partial charge in [-0.1, -0.05) is 6.08 Å². The van der Waals surface area contributed by atoms with Crippen LogP contribution in [0.15, 0.2) is 11.6 Å². The summed E-state index contributed by atoms with van der Waals surface area (Å²) in [5, 5.41) is 0. The van der Waals surface area contributed by atoms with E-state index >= 15 is 0 Å². The van der Waals surface area contributed by atoms with Crippen LogP contribution >= 0.6 is 0 Å². The number of likely N-dealkylation sites (N-methyl/N-ethyl adjacent to an activating group) is 1. The van der Waals surface area contributed by atoms with Crippen molar-refractivity contribution < 1.29 is 4.79 Å². The fourth-order valence-electron chi connectivity index (χ4n) is 0.971. The molecule has 0 unspecified atom stereocenters. The number of carbonyl (C=O) groups is 1. The van der Waals surface area contributed by atoms with Crippen molar-refractivity contribution in [2.45, 2.75) is 13.3 Å². The Bertz CT molecular complexity index is 160. The highest BCUT2D eigenvalue weighted by Crippen LogP contribution is 2.13. The Morgan fingerprint density at radius 3 is 2.56 bits per heavy atom. The summed E-state index contributed by atoms with van der Waals surface area (Å²) >= 11 is 0. The van der Waals surface area contributed by atoms with Crippen molar-refractivity contribution in [3.8, 4) is 0 Å². The molecular formula is C7H11NO. The van der Waals surface area contributed by atoms with Gasteiger partial charge in [-0.05, 0) is 12.5 Å². The minimum Gasteiger partial charge on any atom is -0.341 e. The zero-order valence-corrected chi connectivity index (χ0v) is 5.85. The van der Waals surface area contributed by atoms with Crippen LogP contribution in [-0.4, -0.2) is 24.4 Å². The molecule has 0 aromatic carbocycles. The Morgan fingerprint density at radius 2 is 2.33 bits per heavy atom. The van der Waals surface area contributed by atoms with Gasteiger partial charge in [-0.3, -0.25) is 4.79 Å². The van der Waals surface area contributed by atoms with E-state index in [4.69, 9.17) is 0 Å². The van der Waals surface area contributed by atoms with E-state index in [-0.39, 0.29) is 5.91 Å². The number of nitrogens with zero attached hydrogens (tertiary/aromatic N) is 1. The average Bonchev–Trinajstić information content (AvgIpc) is 2.13. The van der Waals surface area contributed by atoms with Crippen LogP contribution in [0, 0.1) is 0 Å². The lowest BCUT2D eigenvalue weighted by Crippen LogP contribution is -2.18. The maximum atomic E-state index is 10.8. The van der Waals surface area contributed by atoms with Gasteiger partial charge in [-0.25, -0.2) is 0 Å². The summed E-state index contributed by atoms with van der Waals surface area (Å²) in [6, 6.07) is 0. The molecule has 1 saturated heterocycles. The summed E-state index contributed by atoms with van der Waals surface area (Å²) in [4.78, 5) is 12.6. The van der Waals surface area contributed by atoms with Gasteiger partial charge >= 0.3 is 0 Å². The summed E-state index contributed by atoms with van der Waals surface area (Å²) < 4.78 is 0. The predicted octanol–water partition coefficient (Wildman–Crippen LogP) is 0.795. The van der Waals surface area contributed by atoms with Gasteiger partial charge in [-0.15, -0.1) is 0 Å². The zero-order valence-electron chi connectivity index (χ0n) is 5.85. The van der Waals surface area contributed by atoms with Gasteiger partial charge in [0.05, 0.1) is 0 Å². The monoisotopic (exact) mass is 125 g/mol. The number of allylic oxidation sites excluding steroid dienone is 1. The van der Waals surface area contributed by atoms with Gasteiger partial charge < -0.3 is 4.90 Å². The average molecular weight is 125 g/mol. The molecule has 1 fully saturated rings. The van der Waals surface area contributed by atoms with Crippen molar-refractivity contribution >= 4 is 5.91 Å². The second-order valence-electron chi connectivity index (χ2n) is 2.37. The first kappa shape index (κ1) is 6.33. The highest BCUT2D eigenvalue weighted by atomic mass is 16.2. The lowest BCUT2D eigenvalue weighted by atomic mass is 10.2. The van der Waals surface area contributed by atoms with E-state index in [1.54, 1.807) is 4.90 Å². The number of likely N-dealkylation sites (tertiary alicyclic amines) is 1. The van der Waals surface area contributed by atoms with Crippen molar-refractivity contribution in [3.63, 3.8) is 0 Å². The van der Waals surface area contributed by atoms with E-state index < -0.39 is 0 Å². The van der Waals surface area contributed by atoms with Crippen LogP contribution in [0.4, 0.5) is 0 Å². The Kier molecular flexibility index (Phi) is 1.56. The molecule has 0 aromatic heterocycles. The van der Waals surface area contributed by atoms with Crippen LogP contribution in [0.25, 0.3) is 0 Å². The molecule has 1 aliphatic heterocycles. The Hall–Kier alpha value is -0.790. The van der Waals surface area contributed by atoms with Crippen molar-refractivity contribution in [2.24, 2.45) is 0 Å². The standard InChI is InChI=1S/C7H11NO/c1-3-6-4-7(9)8(2)5-6/h3H,4-5H2,1-2H3/b6-3+. The number of carbonyl (C=O) groups excluding carboxylic acids is 1. The molecule has 9 heavy (non-hydrogen) atoms. The first-order valence-corrected chi connectivity index (χ1v) is 3.12. The summed E-state index contributed by atoms with van der Waals surface area (Å²) in [6.45, 7) is 2.80. The van der Waals surface area contributed by atoms with E-state index in [2.05, 4.69) is 0 Å². The fourth-order valence-corrected chi connectivity index (χ4v) is 0.971. The van der Waals surface area contributed by atoms with Gasteiger partial charge in [0.15, 0.2) is 0 Å². The number of rotatable bonds is 0. The summed E-state index contributed by atoms with van der Waals surface area (Å²) in [5.41, 5.74) is 1.24. The first-order chi connectivity index (χ1) is 4.24. The Balaban J connectivity index is 2.65. The van der Waals surface area contributed by atoms with E-state index in [9.17, 15) is 4.79 Å². The molecule has 0 atom stereocenters. The molecule has 0 radical (unpaired) electrons. The minimum absolute atomic E-state index is 0.239. The van der Waals surface area contributed by atoms with Crippen LogP contribution < -0.4 is 0 Å². The molecule has 1 rings (SSSR count). The minimum atomic E-state index is 0.239. The first-order valence-electron chi connectivity index (χ1n) is 3.12. The smallest absolute Gasteiger partial charge is 0.226 e. The predicted molar refractivity (Wildman–Crippen MR) is 36.0 cm³/mol. The molecule has 2 heteroatoms. The summed E-state index contributed by atoms with van der Waals surface area (Å²) in [6.07, 6.45) is 2.65. The lowest BCUT2D eigenvalue weighted by molar-refractivity contribution is -0.126. The molecule has 1 heterocycles. The fraction of sp³-hybridized carbons (Fsp3) is 0.571. The lowest BCUT2D eigenvalue weighted by Gasteiger charge is -2.03. The molecule has 50 valence electrons. The van der Waals surface area contributed by atoms with E-state index in [0.717, 1.165) is 6.54 Å². The summed E-state index contributed by atoms with van der Waals surface area (Å²) in [7, 11) is 1.83. The quantitative estimate of drug-likeness (QED) is 0.438. The third-order valence-corrected chi connectivity index (χ3v) is 1.65. The van der Waals surface area contributed by atoms with Gasteiger partial charge in [0.1, 0.15) is 0 Å². The Morgan fingerprint density at radius 1 is 1.67 bits per heavy atom. The highest BCUT2D eigenvalue weighted by molar-refractivity contribution is 5.81. The van der Waals surface area contributed by atoms with Crippen LogP contribution in [0.1, 0.15) is 13.3 Å². The van der Waals surface area contributed by atoms with E-state index in [1.807, 2.05) is 20.0 Å². The molecular weight excluding hydrogens is 114 g/mol. The summed E-state index contributed by atoms with van der Waals surface area (Å²) in [5.74, 6) is 0.239. The molecule has 0 saturated carbocycles. The number of hydrogen-bond acceptors (Lipinski definition) is 1. The normalized spacial score (nSPS) is 24.0. The van der Waals surface area contributed by atoms with Gasteiger partial charge in [-0.2, -0.15) is 0 Å². The topological polar surface area (TPSA) is 20.3 Å². The molecule has 0 N–H and O–H groups in total. The van der Waals surface area contributed by atoms with Crippen molar-refractivity contribution in [1.29, 1.82) is 0 Å². The molecule has 0 spiro atoms. The van der Waals surface area contributed by atoms with Crippen LogP contribution in [0.2, 0.25) is 0 Å². The van der Waals surface area contributed by atoms with Crippen LogP contribution in [0.3, 0.4) is 0 Å². The number of hydrogen-bond donors (Lipinski definition) is 0. The second kappa shape index (κ2) is 2.21. The third kappa shape index (κ3) is 1.12. The molecule has 0 aromatic rings. The maximum absolute atomic E-state index is 10.8. The number of amides is 1. The third-order valence-electron chi connectivity index (χ3n) is 1.65. The van der Waals surface area contributed by atoms with Crippen LogP contribution in [0.5, 0.6) is 0 Å². The Labute approximate surface area is 55.2 Å². The van der Waals surface area contributed by atoms with Crippen molar-refractivity contribution in [3.05, 3.63) is 11.6 Å². The van der Waals surface area contributed by atoms with Gasteiger partial charge in [0.25, 0.3) is 0 Å².